The van der Waals surface area contributed by atoms with Crippen LogP contribution in [0, 0.1) is 0 Å². The molecule has 0 bridgehead atoms. The first-order chi connectivity index (χ1) is 5.20. The maximum atomic E-state index is 3.75. The lowest BCUT2D eigenvalue weighted by atomic mass is 10.2. The Kier molecular flexibility index (Phi) is 4.83. The molecule has 0 aliphatic heterocycles. The van der Waals surface area contributed by atoms with Crippen LogP contribution in [0.5, 0.6) is 0 Å². The van der Waals surface area contributed by atoms with Crippen molar-refractivity contribution >= 4 is 0 Å². The molecule has 0 unspecified atom stereocenters. The van der Waals surface area contributed by atoms with Gasteiger partial charge in [-0.3, -0.25) is 0 Å². The van der Waals surface area contributed by atoms with Gasteiger partial charge in [0.05, 0.1) is 0 Å². The van der Waals surface area contributed by atoms with Gasteiger partial charge in [0.15, 0.2) is 0 Å². The van der Waals surface area contributed by atoms with Gasteiger partial charge in [0.2, 0.25) is 0 Å². The Morgan fingerprint density at radius 3 is 2.18 bits per heavy atom. The molecule has 0 aromatic rings. The lowest BCUT2D eigenvalue weighted by molar-refractivity contribution is 1.54. The SMILES string of the molecule is C=C/C=C(C=C)/C=C/C(=C)C. The molecule has 11 heavy (non-hydrogen) atoms. The van der Waals surface area contributed by atoms with Gasteiger partial charge >= 0.3 is 0 Å². The highest BCUT2D eigenvalue weighted by atomic mass is 13.9. The second kappa shape index (κ2) is 5.48. The van der Waals surface area contributed by atoms with E-state index in [0.29, 0.717) is 0 Å². The number of rotatable bonds is 4. The third-order valence-corrected chi connectivity index (χ3v) is 1.11. The molecule has 0 amide bonds. The van der Waals surface area contributed by atoms with E-state index in [2.05, 4.69) is 19.7 Å². The van der Waals surface area contributed by atoms with Gasteiger partial charge in [0.1, 0.15) is 0 Å². The van der Waals surface area contributed by atoms with E-state index in [0.717, 1.165) is 11.1 Å². The standard InChI is InChI=1S/C11H14/c1-5-7-11(6-2)9-8-10(3)4/h5-9H,1-3H2,4H3/b9-8+,11-7+. The van der Waals surface area contributed by atoms with E-state index >= 15 is 0 Å². The van der Waals surface area contributed by atoms with Crippen molar-refractivity contribution in [1.82, 2.24) is 0 Å². The zero-order valence-electron chi connectivity index (χ0n) is 7.01. The molecule has 0 spiro atoms. The van der Waals surface area contributed by atoms with Crippen molar-refractivity contribution in [1.29, 1.82) is 0 Å². The Bertz CT molecular complexity index is 214. The summed E-state index contributed by atoms with van der Waals surface area (Å²) in [5.74, 6) is 0. The summed E-state index contributed by atoms with van der Waals surface area (Å²) in [5, 5.41) is 0. The Morgan fingerprint density at radius 2 is 1.82 bits per heavy atom. The molecule has 0 heterocycles. The van der Waals surface area contributed by atoms with Crippen LogP contribution >= 0.6 is 0 Å². The van der Waals surface area contributed by atoms with Crippen molar-refractivity contribution in [2.45, 2.75) is 6.92 Å². The minimum Gasteiger partial charge on any atom is -0.0990 e. The van der Waals surface area contributed by atoms with Crippen molar-refractivity contribution in [2.24, 2.45) is 0 Å². The molecule has 0 N–H and O–H groups in total. The van der Waals surface area contributed by atoms with Gasteiger partial charge in [-0.2, -0.15) is 0 Å². The summed E-state index contributed by atoms with van der Waals surface area (Å²) in [4.78, 5) is 0. The molecule has 58 valence electrons. The fraction of sp³-hybridized carbons (Fsp3) is 0.0909. The van der Waals surface area contributed by atoms with Gasteiger partial charge in [-0.1, -0.05) is 55.7 Å². The van der Waals surface area contributed by atoms with E-state index in [9.17, 15) is 0 Å². The third kappa shape index (κ3) is 5.16. The third-order valence-electron chi connectivity index (χ3n) is 1.11. The molecular weight excluding hydrogens is 132 g/mol. The second-order valence-electron chi connectivity index (χ2n) is 2.29. The van der Waals surface area contributed by atoms with Crippen LogP contribution in [0.1, 0.15) is 6.92 Å². The Morgan fingerprint density at radius 1 is 1.18 bits per heavy atom. The zero-order chi connectivity index (χ0) is 8.69. The summed E-state index contributed by atoms with van der Waals surface area (Å²) < 4.78 is 0. The molecule has 0 nitrogen and oxygen atoms in total. The molecule has 0 radical (unpaired) electrons. The molecule has 0 rings (SSSR count). The lowest BCUT2D eigenvalue weighted by Gasteiger charge is -1.89. The van der Waals surface area contributed by atoms with Gasteiger partial charge in [-0.05, 0) is 12.5 Å². The fourth-order valence-electron chi connectivity index (χ4n) is 0.566. The first-order valence-electron chi connectivity index (χ1n) is 3.49. The molecule has 0 saturated heterocycles. The first kappa shape index (κ1) is 9.70. The van der Waals surface area contributed by atoms with E-state index in [1.807, 2.05) is 25.2 Å². The van der Waals surface area contributed by atoms with Crippen LogP contribution in [0.3, 0.4) is 0 Å². The summed E-state index contributed by atoms with van der Waals surface area (Å²) in [6.45, 7) is 13.0. The highest BCUT2D eigenvalue weighted by molar-refractivity contribution is 5.34. The van der Waals surface area contributed by atoms with Crippen LogP contribution in [0.15, 0.2) is 61.3 Å². The zero-order valence-corrected chi connectivity index (χ0v) is 7.01. The van der Waals surface area contributed by atoms with Crippen molar-refractivity contribution in [3.63, 3.8) is 0 Å². The van der Waals surface area contributed by atoms with Crippen LogP contribution in [0.25, 0.3) is 0 Å². The van der Waals surface area contributed by atoms with Crippen molar-refractivity contribution in [2.75, 3.05) is 0 Å². The normalized spacial score (nSPS) is 11.5. The van der Waals surface area contributed by atoms with Crippen molar-refractivity contribution < 1.29 is 0 Å². The molecule has 0 aliphatic carbocycles. The highest BCUT2D eigenvalue weighted by Crippen LogP contribution is 2.00. The molecule has 0 saturated carbocycles. The Hall–Kier alpha value is -1.30. The maximum absolute atomic E-state index is 3.75. The first-order valence-corrected chi connectivity index (χ1v) is 3.49. The maximum Gasteiger partial charge on any atom is -0.0263 e. The predicted octanol–water partition coefficient (Wildman–Crippen LogP) is 3.42. The summed E-state index contributed by atoms with van der Waals surface area (Å²) in [6, 6.07) is 0. The van der Waals surface area contributed by atoms with Crippen LogP contribution < -0.4 is 0 Å². The minimum absolute atomic E-state index is 1.03. The quantitative estimate of drug-likeness (QED) is 0.533. The minimum atomic E-state index is 1.03. The van der Waals surface area contributed by atoms with E-state index in [-0.39, 0.29) is 0 Å². The predicted molar refractivity (Wildman–Crippen MR) is 52.4 cm³/mol. The topological polar surface area (TPSA) is 0 Å². The Balaban J connectivity index is 4.30. The number of hydrogen-bond donors (Lipinski definition) is 0. The van der Waals surface area contributed by atoms with Gasteiger partial charge in [0, 0.05) is 0 Å². The van der Waals surface area contributed by atoms with Gasteiger partial charge < -0.3 is 0 Å². The number of hydrogen-bond acceptors (Lipinski definition) is 0. The summed E-state index contributed by atoms with van der Waals surface area (Å²) in [7, 11) is 0. The second-order valence-corrected chi connectivity index (χ2v) is 2.29. The van der Waals surface area contributed by atoms with Gasteiger partial charge in [-0.15, -0.1) is 0 Å². The largest absolute Gasteiger partial charge is 0.0990 e. The summed E-state index contributed by atoms with van der Waals surface area (Å²) in [6.07, 6.45) is 9.31. The van der Waals surface area contributed by atoms with Crippen LogP contribution in [0.4, 0.5) is 0 Å². The molecule has 0 aliphatic rings. The van der Waals surface area contributed by atoms with Crippen molar-refractivity contribution in [3.8, 4) is 0 Å². The molecule has 0 aromatic carbocycles. The van der Waals surface area contributed by atoms with Crippen LogP contribution in [-0.4, -0.2) is 0 Å². The highest BCUT2D eigenvalue weighted by Gasteiger charge is 1.80. The average Bonchev–Trinajstić information content (AvgIpc) is 1.97. The van der Waals surface area contributed by atoms with Crippen molar-refractivity contribution in [3.05, 3.63) is 61.3 Å². The Labute approximate surface area is 68.9 Å². The number of allylic oxidation sites excluding steroid dienone is 7. The van der Waals surface area contributed by atoms with E-state index in [4.69, 9.17) is 0 Å². The molecule has 0 atom stereocenters. The van der Waals surface area contributed by atoms with Crippen LogP contribution in [-0.2, 0) is 0 Å². The van der Waals surface area contributed by atoms with E-state index < -0.39 is 0 Å². The molecular formula is C11H14. The average molecular weight is 146 g/mol. The molecule has 0 aromatic heterocycles. The summed E-state index contributed by atoms with van der Waals surface area (Å²) >= 11 is 0. The van der Waals surface area contributed by atoms with E-state index in [1.54, 1.807) is 12.2 Å². The monoisotopic (exact) mass is 146 g/mol. The lowest BCUT2D eigenvalue weighted by Crippen LogP contribution is -1.69. The summed E-state index contributed by atoms with van der Waals surface area (Å²) in [5.41, 5.74) is 2.07. The molecule has 0 fully saturated rings. The molecule has 0 heteroatoms. The van der Waals surface area contributed by atoms with Crippen LogP contribution in [0.2, 0.25) is 0 Å². The van der Waals surface area contributed by atoms with E-state index in [1.165, 1.54) is 0 Å². The van der Waals surface area contributed by atoms with Gasteiger partial charge in [-0.25, -0.2) is 0 Å². The van der Waals surface area contributed by atoms with Gasteiger partial charge in [0.25, 0.3) is 0 Å². The smallest absolute Gasteiger partial charge is 0.0263 e. The fourth-order valence-corrected chi connectivity index (χ4v) is 0.566.